The molecule has 0 N–H and O–H groups in total. The van der Waals surface area contributed by atoms with Gasteiger partial charge in [-0.25, -0.2) is 9.97 Å². The second kappa shape index (κ2) is 7.21. The molecule has 1 unspecified atom stereocenters. The van der Waals surface area contributed by atoms with E-state index in [-0.39, 0.29) is 12.0 Å². The summed E-state index contributed by atoms with van der Waals surface area (Å²) in [6.07, 6.45) is 2.42. The predicted molar refractivity (Wildman–Crippen MR) is 90.3 cm³/mol. The van der Waals surface area contributed by atoms with Crippen molar-refractivity contribution in [2.24, 2.45) is 0 Å². The molecule has 1 amide bonds. The van der Waals surface area contributed by atoms with E-state index in [2.05, 4.69) is 26.5 Å². The molecule has 0 bridgehead atoms. The minimum atomic E-state index is -0.0781. The van der Waals surface area contributed by atoms with E-state index in [0.717, 1.165) is 36.3 Å². The molecule has 8 heteroatoms. The van der Waals surface area contributed by atoms with Crippen molar-refractivity contribution in [1.29, 1.82) is 0 Å². The molecule has 2 aromatic heterocycles. The largest absolute Gasteiger partial charge is 0.458 e. The van der Waals surface area contributed by atoms with Crippen LogP contribution < -0.4 is 4.74 Å². The van der Waals surface area contributed by atoms with E-state index in [1.165, 1.54) is 11.5 Å². The maximum Gasteiger partial charge on any atom is 0.317 e. The topological polar surface area (TPSA) is 81.1 Å². The van der Waals surface area contributed by atoms with Crippen molar-refractivity contribution in [2.45, 2.75) is 46.1 Å². The SMILES string of the molecule is CCCc1nnsc1C(=O)N1CCC(Oc2nc(C)cc(C)n2)C1. The Labute approximate surface area is 145 Å². The standard InChI is InChI=1S/C16H21N5O2S/c1-4-5-13-14(24-20-19-13)15(22)21-7-6-12(9-21)23-16-17-10(2)8-11(3)18-16/h8,12H,4-7,9H2,1-3H3. The van der Waals surface area contributed by atoms with Crippen molar-refractivity contribution in [3.05, 3.63) is 28.0 Å². The molecule has 128 valence electrons. The van der Waals surface area contributed by atoms with Crippen LogP contribution in [0.3, 0.4) is 0 Å². The van der Waals surface area contributed by atoms with Gasteiger partial charge in [0, 0.05) is 24.4 Å². The zero-order valence-corrected chi connectivity index (χ0v) is 15.0. The fourth-order valence-corrected chi connectivity index (χ4v) is 3.50. The molecule has 0 spiro atoms. The van der Waals surface area contributed by atoms with Crippen LogP contribution in [0, 0.1) is 13.8 Å². The van der Waals surface area contributed by atoms with E-state index in [1.54, 1.807) is 0 Å². The molecular weight excluding hydrogens is 326 g/mol. The van der Waals surface area contributed by atoms with Crippen LogP contribution >= 0.6 is 11.5 Å². The number of amides is 1. The third-order valence-electron chi connectivity index (χ3n) is 3.90. The Kier molecular flexibility index (Phi) is 5.03. The molecule has 1 aliphatic rings. The van der Waals surface area contributed by atoms with Crippen LogP contribution in [-0.2, 0) is 6.42 Å². The summed E-state index contributed by atoms with van der Waals surface area (Å²) >= 11 is 1.18. The van der Waals surface area contributed by atoms with Crippen molar-refractivity contribution in [3.8, 4) is 6.01 Å². The molecule has 1 aliphatic heterocycles. The van der Waals surface area contributed by atoms with Gasteiger partial charge in [0.25, 0.3) is 5.91 Å². The first kappa shape index (κ1) is 16.8. The van der Waals surface area contributed by atoms with Crippen molar-refractivity contribution in [2.75, 3.05) is 13.1 Å². The van der Waals surface area contributed by atoms with Crippen molar-refractivity contribution >= 4 is 17.4 Å². The molecule has 1 atom stereocenters. The van der Waals surface area contributed by atoms with Gasteiger partial charge in [-0.3, -0.25) is 4.79 Å². The van der Waals surface area contributed by atoms with Gasteiger partial charge in [-0.05, 0) is 37.9 Å². The lowest BCUT2D eigenvalue weighted by Crippen LogP contribution is -2.31. The van der Waals surface area contributed by atoms with Crippen molar-refractivity contribution in [1.82, 2.24) is 24.5 Å². The summed E-state index contributed by atoms with van der Waals surface area (Å²) in [5.41, 5.74) is 2.56. The average molecular weight is 347 g/mol. The highest BCUT2D eigenvalue weighted by atomic mass is 32.1. The monoisotopic (exact) mass is 347 g/mol. The number of rotatable bonds is 5. The molecule has 0 aliphatic carbocycles. The van der Waals surface area contributed by atoms with Crippen molar-refractivity contribution in [3.63, 3.8) is 0 Å². The average Bonchev–Trinajstić information content (AvgIpc) is 3.15. The minimum absolute atomic E-state index is 0.000825. The number of nitrogens with zero attached hydrogens (tertiary/aromatic N) is 5. The van der Waals surface area contributed by atoms with Crippen LogP contribution in [0.4, 0.5) is 0 Å². The van der Waals surface area contributed by atoms with E-state index < -0.39 is 0 Å². The van der Waals surface area contributed by atoms with E-state index >= 15 is 0 Å². The van der Waals surface area contributed by atoms with E-state index in [4.69, 9.17) is 4.74 Å². The Morgan fingerprint density at radius 3 is 2.83 bits per heavy atom. The summed E-state index contributed by atoms with van der Waals surface area (Å²) in [7, 11) is 0. The van der Waals surface area contributed by atoms with E-state index in [1.807, 2.05) is 24.8 Å². The summed E-state index contributed by atoms with van der Waals surface area (Å²) in [4.78, 5) is 23.7. The molecule has 0 radical (unpaired) electrons. The smallest absolute Gasteiger partial charge is 0.317 e. The number of carbonyl (C=O) groups excluding carboxylic acids is 1. The Bertz CT molecular complexity index is 713. The number of aryl methyl sites for hydroxylation is 3. The van der Waals surface area contributed by atoms with Gasteiger partial charge < -0.3 is 9.64 Å². The van der Waals surface area contributed by atoms with E-state index in [9.17, 15) is 4.79 Å². The van der Waals surface area contributed by atoms with Gasteiger partial charge in [0.1, 0.15) is 11.0 Å². The summed E-state index contributed by atoms with van der Waals surface area (Å²) < 4.78 is 9.80. The first-order valence-corrected chi connectivity index (χ1v) is 8.93. The number of aromatic nitrogens is 4. The van der Waals surface area contributed by atoms with Gasteiger partial charge in [-0.2, -0.15) is 0 Å². The molecular formula is C16H21N5O2S. The summed E-state index contributed by atoms with van der Waals surface area (Å²) in [6.45, 7) is 7.10. The van der Waals surface area contributed by atoms with Gasteiger partial charge in [0.15, 0.2) is 0 Å². The Morgan fingerprint density at radius 1 is 1.38 bits per heavy atom. The van der Waals surface area contributed by atoms with Crippen LogP contribution in [0.2, 0.25) is 0 Å². The van der Waals surface area contributed by atoms with Gasteiger partial charge in [0.2, 0.25) is 0 Å². The van der Waals surface area contributed by atoms with Crippen LogP contribution in [0.1, 0.15) is 46.5 Å². The number of likely N-dealkylation sites (tertiary alicyclic amines) is 1. The second-order valence-corrected chi connectivity index (χ2v) is 6.77. The number of ether oxygens (including phenoxy) is 1. The quantitative estimate of drug-likeness (QED) is 0.825. The van der Waals surface area contributed by atoms with Crippen molar-refractivity contribution < 1.29 is 9.53 Å². The molecule has 2 aromatic rings. The normalized spacial score (nSPS) is 17.3. The Morgan fingerprint density at radius 2 is 2.12 bits per heavy atom. The fourth-order valence-electron chi connectivity index (χ4n) is 2.82. The predicted octanol–water partition coefficient (Wildman–Crippen LogP) is 2.19. The highest BCUT2D eigenvalue weighted by Gasteiger charge is 2.31. The second-order valence-electron chi connectivity index (χ2n) is 6.01. The molecule has 0 aromatic carbocycles. The zero-order valence-electron chi connectivity index (χ0n) is 14.2. The van der Waals surface area contributed by atoms with Gasteiger partial charge in [-0.15, -0.1) is 5.10 Å². The molecule has 1 saturated heterocycles. The van der Waals surface area contributed by atoms with Crippen LogP contribution in [0.25, 0.3) is 0 Å². The Balaban J connectivity index is 1.64. The summed E-state index contributed by atoms with van der Waals surface area (Å²) in [5, 5.41) is 4.07. The van der Waals surface area contributed by atoms with Gasteiger partial charge >= 0.3 is 6.01 Å². The zero-order chi connectivity index (χ0) is 17.1. The molecule has 24 heavy (non-hydrogen) atoms. The van der Waals surface area contributed by atoms with E-state index in [0.29, 0.717) is 24.0 Å². The maximum atomic E-state index is 12.7. The van der Waals surface area contributed by atoms with Gasteiger partial charge in [-0.1, -0.05) is 17.8 Å². The number of hydrogen-bond acceptors (Lipinski definition) is 7. The first-order chi connectivity index (χ1) is 11.6. The first-order valence-electron chi connectivity index (χ1n) is 8.16. The molecule has 3 rings (SSSR count). The third-order valence-corrected chi connectivity index (χ3v) is 4.66. The molecule has 1 fully saturated rings. The minimum Gasteiger partial charge on any atom is -0.458 e. The molecule has 3 heterocycles. The molecule has 7 nitrogen and oxygen atoms in total. The van der Waals surface area contributed by atoms with Crippen LogP contribution in [-0.4, -0.2) is 49.6 Å². The van der Waals surface area contributed by atoms with Crippen LogP contribution in [0.15, 0.2) is 6.07 Å². The van der Waals surface area contributed by atoms with Gasteiger partial charge in [0.05, 0.1) is 12.2 Å². The highest BCUT2D eigenvalue weighted by molar-refractivity contribution is 7.08. The number of hydrogen-bond donors (Lipinski definition) is 0. The maximum absolute atomic E-state index is 12.7. The third kappa shape index (κ3) is 3.69. The summed E-state index contributed by atoms with van der Waals surface area (Å²) in [5.74, 6) is 0.000825. The fraction of sp³-hybridized carbons (Fsp3) is 0.562. The lowest BCUT2D eigenvalue weighted by Gasteiger charge is -2.16. The lowest BCUT2D eigenvalue weighted by molar-refractivity contribution is 0.0773. The summed E-state index contributed by atoms with van der Waals surface area (Å²) in [6, 6.07) is 2.29. The number of carbonyl (C=O) groups is 1. The lowest BCUT2D eigenvalue weighted by atomic mass is 10.2. The molecule has 0 saturated carbocycles. The Hall–Kier alpha value is -2.09. The van der Waals surface area contributed by atoms with Crippen LogP contribution in [0.5, 0.6) is 6.01 Å². The highest BCUT2D eigenvalue weighted by Crippen LogP contribution is 2.21.